The summed E-state index contributed by atoms with van der Waals surface area (Å²) in [4.78, 5) is 51.8. The Hall–Kier alpha value is -6.36. The quantitative estimate of drug-likeness (QED) is 0.179. The second kappa shape index (κ2) is 15.1. The molecule has 0 spiro atoms. The number of terminal acetylenes is 1. The maximum atomic E-state index is 13.1. The molecule has 13 nitrogen and oxygen atoms in total. The molecule has 2 heterocycles. The molecule has 47 heavy (non-hydrogen) atoms. The van der Waals surface area contributed by atoms with Crippen molar-refractivity contribution in [3.8, 4) is 12.3 Å². The van der Waals surface area contributed by atoms with Gasteiger partial charge < -0.3 is 26.3 Å². The lowest BCUT2D eigenvalue weighted by atomic mass is 10.1. The van der Waals surface area contributed by atoms with Gasteiger partial charge in [0.2, 0.25) is 0 Å². The molecule has 0 aliphatic carbocycles. The van der Waals surface area contributed by atoms with Gasteiger partial charge in [0.05, 0.1) is 16.8 Å². The topological polar surface area (TPSA) is 201 Å². The number of ether oxygens (including phenoxy) is 1. The first kappa shape index (κ1) is 35.1. The number of pyridine rings is 1. The van der Waals surface area contributed by atoms with Crippen LogP contribution in [0.15, 0.2) is 97.5 Å². The number of fused-ring (bicyclic) bond motifs is 1. The van der Waals surface area contributed by atoms with Crippen LogP contribution in [0.25, 0.3) is 10.9 Å². The Morgan fingerprint density at radius 3 is 2.28 bits per heavy atom. The summed E-state index contributed by atoms with van der Waals surface area (Å²) in [6.07, 6.45) is 7.48. The lowest BCUT2D eigenvalue weighted by molar-refractivity contribution is 0.0547. The van der Waals surface area contributed by atoms with Crippen molar-refractivity contribution in [3.05, 3.63) is 114 Å². The molecular formula is C34H33N7O6. The number of hydrazine groups is 1. The summed E-state index contributed by atoms with van der Waals surface area (Å²) in [5, 5.41) is 7.78. The molecule has 3 amide bonds. The third-order valence-electron chi connectivity index (χ3n) is 6.25. The molecule has 0 saturated heterocycles. The largest absolute Gasteiger partial charge is 0.442 e. The van der Waals surface area contributed by atoms with E-state index in [0.29, 0.717) is 28.1 Å². The van der Waals surface area contributed by atoms with Crippen molar-refractivity contribution < 1.29 is 30.1 Å². The molecule has 0 aliphatic rings. The van der Waals surface area contributed by atoms with Crippen LogP contribution in [-0.4, -0.2) is 49.4 Å². The number of nitrogens with one attached hydrogen (secondary N) is 3. The van der Waals surface area contributed by atoms with Crippen molar-refractivity contribution in [2.24, 2.45) is 0 Å². The number of rotatable bonds is 6. The average molecular weight is 636 g/mol. The SMILES string of the molecule is C#Cc1cccc(Nc2ncnc3ccc(NC(=O)c4ccc(C(=O)NN(C(=O)OC(C)(C)C)c5ccccc5)nc4)cc23)c1.O.O. The van der Waals surface area contributed by atoms with E-state index in [4.69, 9.17) is 11.2 Å². The number of para-hydroxylation sites is 1. The van der Waals surface area contributed by atoms with E-state index in [1.54, 1.807) is 69.3 Å². The van der Waals surface area contributed by atoms with Gasteiger partial charge in [0.1, 0.15) is 23.4 Å². The van der Waals surface area contributed by atoms with E-state index in [-0.39, 0.29) is 22.2 Å². The summed E-state index contributed by atoms with van der Waals surface area (Å²) in [6.45, 7) is 5.18. The van der Waals surface area contributed by atoms with E-state index >= 15 is 0 Å². The molecule has 2 aromatic heterocycles. The lowest BCUT2D eigenvalue weighted by Gasteiger charge is -2.27. The molecule has 7 N–H and O–H groups in total. The number of anilines is 4. The Morgan fingerprint density at radius 2 is 1.60 bits per heavy atom. The molecule has 0 atom stereocenters. The van der Waals surface area contributed by atoms with Gasteiger partial charge in [-0.15, -0.1) is 6.42 Å². The van der Waals surface area contributed by atoms with Crippen LogP contribution in [0.3, 0.4) is 0 Å². The number of aromatic nitrogens is 3. The standard InChI is InChI=1S/C34H29N7O4.2H2O/c1-5-22-10-9-11-24(18-22)38-30-27-19-25(15-17-28(27)36-21-37-30)39-31(42)23-14-16-29(35-20-23)32(43)40-41(26-12-7-6-8-13-26)33(44)45-34(2,3)4;;/h1,6-21H,2-4H3,(H,39,42)(H,40,43)(H,36,37,38);2*1H2. The fourth-order valence-corrected chi connectivity index (χ4v) is 4.18. The van der Waals surface area contributed by atoms with Crippen molar-refractivity contribution in [1.29, 1.82) is 0 Å². The average Bonchev–Trinajstić information content (AvgIpc) is 3.03. The van der Waals surface area contributed by atoms with Gasteiger partial charge in [-0.25, -0.2) is 14.8 Å². The van der Waals surface area contributed by atoms with Gasteiger partial charge in [-0.1, -0.05) is 30.2 Å². The molecule has 0 aliphatic heterocycles. The fraction of sp³-hybridized carbons (Fsp3) is 0.118. The van der Waals surface area contributed by atoms with Crippen molar-refractivity contribution in [2.45, 2.75) is 26.4 Å². The number of carbonyl (C=O) groups is 3. The second-order valence-electron chi connectivity index (χ2n) is 10.8. The van der Waals surface area contributed by atoms with Gasteiger partial charge in [0.15, 0.2) is 0 Å². The van der Waals surface area contributed by atoms with Crippen LogP contribution in [0.1, 0.15) is 47.2 Å². The van der Waals surface area contributed by atoms with Gasteiger partial charge in [-0.05, 0) is 81.4 Å². The maximum Gasteiger partial charge on any atom is 0.434 e. The van der Waals surface area contributed by atoms with E-state index in [1.807, 2.05) is 24.3 Å². The van der Waals surface area contributed by atoms with E-state index < -0.39 is 23.5 Å². The summed E-state index contributed by atoms with van der Waals surface area (Å²) >= 11 is 0. The van der Waals surface area contributed by atoms with Crippen LogP contribution in [0.4, 0.5) is 27.7 Å². The Labute approximate surface area is 270 Å². The Balaban J connectivity index is 0.00000300. The van der Waals surface area contributed by atoms with E-state index in [9.17, 15) is 14.4 Å². The summed E-state index contributed by atoms with van der Waals surface area (Å²) in [5.74, 6) is 2.03. The molecule has 0 radical (unpaired) electrons. The molecule has 0 bridgehead atoms. The summed E-state index contributed by atoms with van der Waals surface area (Å²) in [7, 11) is 0. The fourth-order valence-electron chi connectivity index (χ4n) is 4.18. The Morgan fingerprint density at radius 1 is 0.830 bits per heavy atom. The van der Waals surface area contributed by atoms with Gasteiger partial charge in [0.25, 0.3) is 11.8 Å². The highest BCUT2D eigenvalue weighted by Crippen LogP contribution is 2.26. The first-order valence-corrected chi connectivity index (χ1v) is 13.8. The second-order valence-corrected chi connectivity index (χ2v) is 10.8. The molecule has 240 valence electrons. The van der Waals surface area contributed by atoms with E-state index in [0.717, 1.165) is 16.3 Å². The molecule has 0 saturated carbocycles. The third kappa shape index (κ3) is 8.85. The first-order valence-electron chi connectivity index (χ1n) is 13.8. The number of nitrogens with zero attached hydrogens (tertiary/aromatic N) is 4. The van der Waals surface area contributed by atoms with Gasteiger partial charge in [0, 0.05) is 28.5 Å². The molecule has 5 rings (SSSR count). The van der Waals surface area contributed by atoms with Gasteiger partial charge in [-0.3, -0.25) is 20.0 Å². The number of carbonyl (C=O) groups excluding carboxylic acids is 3. The Bertz CT molecular complexity index is 1920. The van der Waals surface area contributed by atoms with Crippen LogP contribution in [0.2, 0.25) is 0 Å². The third-order valence-corrected chi connectivity index (χ3v) is 6.25. The zero-order valence-corrected chi connectivity index (χ0v) is 25.7. The molecule has 5 aromatic rings. The predicted molar refractivity (Wildman–Crippen MR) is 179 cm³/mol. The van der Waals surface area contributed by atoms with E-state index in [2.05, 4.69) is 36.9 Å². The first-order chi connectivity index (χ1) is 21.6. The van der Waals surface area contributed by atoms with Crippen molar-refractivity contribution in [3.63, 3.8) is 0 Å². The zero-order chi connectivity index (χ0) is 32.0. The minimum Gasteiger partial charge on any atom is -0.442 e. The highest BCUT2D eigenvalue weighted by Gasteiger charge is 2.26. The summed E-state index contributed by atoms with van der Waals surface area (Å²) < 4.78 is 5.45. The molecule has 3 aromatic carbocycles. The van der Waals surface area contributed by atoms with Crippen molar-refractivity contribution in [2.75, 3.05) is 15.6 Å². The molecule has 0 fully saturated rings. The molecular weight excluding hydrogens is 602 g/mol. The predicted octanol–water partition coefficient (Wildman–Crippen LogP) is 4.44. The summed E-state index contributed by atoms with van der Waals surface area (Å²) in [6, 6.07) is 24.0. The van der Waals surface area contributed by atoms with Crippen LogP contribution in [-0.2, 0) is 4.74 Å². The number of hydrogen-bond donors (Lipinski definition) is 3. The van der Waals surface area contributed by atoms with Gasteiger partial charge in [-0.2, -0.15) is 5.01 Å². The number of amides is 3. The molecule has 13 heteroatoms. The summed E-state index contributed by atoms with van der Waals surface area (Å²) in [5.41, 5.74) is 5.01. The van der Waals surface area contributed by atoms with Crippen LogP contribution in [0, 0.1) is 12.3 Å². The number of hydrogen-bond acceptors (Lipinski definition) is 8. The minimum absolute atomic E-state index is 0. The van der Waals surface area contributed by atoms with Crippen LogP contribution >= 0.6 is 0 Å². The van der Waals surface area contributed by atoms with Crippen molar-refractivity contribution >= 4 is 51.7 Å². The van der Waals surface area contributed by atoms with Crippen LogP contribution < -0.4 is 21.1 Å². The normalized spacial score (nSPS) is 10.3. The highest BCUT2D eigenvalue weighted by atomic mass is 16.6. The molecule has 0 unspecified atom stereocenters. The zero-order valence-electron chi connectivity index (χ0n) is 25.7. The van der Waals surface area contributed by atoms with Crippen molar-refractivity contribution in [1.82, 2.24) is 20.4 Å². The Kier molecular flexibility index (Phi) is 11.3. The minimum atomic E-state index is -0.785. The van der Waals surface area contributed by atoms with Gasteiger partial charge >= 0.3 is 6.09 Å². The smallest absolute Gasteiger partial charge is 0.434 e. The monoisotopic (exact) mass is 635 g/mol. The van der Waals surface area contributed by atoms with Crippen LogP contribution in [0.5, 0.6) is 0 Å². The highest BCUT2D eigenvalue weighted by molar-refractivity contribution is 6.06. The number of benzene rings is 3. The maximum absolute atomic E-state index is 13.1. The van der Waals surface area contributed by atoms with E-state index in [1.165, 1.54) is 24.7 Å². The lowest BCUT2D eigenvalue weighted by Crippen LogP contribution is -2.48.